The summed E-state index contributed by atoms with van der Waals surface area (Å²) in [6.45, 7) is 0. The molecule has 5 nitrogen and oxygen atoms in total. The van der Waals surface area contributed by atoms with Crippen molar-refractivity contribution in [2.75, 3.05) is 14.2 Å². The van der Waals surface area contributed by atoms with Crippen molar-refractivity contribution in [3.8, 4) is 5.75 Å². The molecule has 0 aliphatic heterocycles. The molecular formula is C12H10ClNO4. The lowest BCUT2D eigenvalue weighted by Gasteiger charge is -2.08. The van der Waals surface area contributed by atoms with Crippen molar-refractivity contribution in [2.24, 2.45) is 0 Å². The van der Waals surface area contributed by atoms with E-state index in [9.17, 15) is 9.59 Å². The average Bonchev–Trinajstić information content (AvgIpc) is 2.37. The minimum atomic E-state index is -0.629. The number of nitrogens with one attached hydrogen (secondary N) is 1. The van der Waals surface area contributed by atoms with Gasteiger partial charge >= 0.3 is 5.97 Å². The molecule has 0 atom stereocenters. The second kappa shape index (κ2) is 4.70. The van der Waals surface area contributed by atoms with E-state index in [4.69, 9.17) is 16.3 Å². The molecule has 1 heterocycles. The molecule has 1 aromatic carbocycles. The Bertz CT molecular complexity index is 678. The first-order chi connectivity index (χ1) is 8.58. The molecule has 0 unspecified atom stereocenters. The van der Waals surface area contributed by atoms with E-state index < -0.39 is 5.97 Å². The summed E-state index contributed by atoms with van der Waals surface area (Å²) in [4.78, 5) is 26.2. The summed E-state index contributed by atoms with van der Waals surface area (Å²) >= 11 is 5.97. The zero-order valence-corrected chi connectivity index (χ0v) is 10.5. The molecule has 0 spiro atoms. The molecule has 0 bridgehead atoms. The summed E-state index contributed by atoms with van der Waals surface area (Å²) in [6, 6.07) is 4.33. The number of esters is 1. The molecule has 94 valence electrons. The molecule has 0 radical (unpaired) electrons. The maximum absolute atomic E-state index is 11.9. The number of carbonyl (C=O) groups is 1. The largest absolute Gasteiger partial charge is 0.495 e. The fraction of sp³-hybridized carbons (Fsp3) is 0.167. The average molecular weight is 268 g/mol. The molecule has 0 aliphatic carbocycles. The Hall–Kier alpha value is -2.01. The number of rotatable bonds is 2. The highest BCUT2D eigenvalue weighted by Gasteiger charge is 2.14. The molecule has 18 heavy (non-hydrogen) atoms. The van der Waals surface area contributed by atoms with Crippen LogP contribution in [0.5, 0.6) is 5.75 Å². The number of ether oxygens (including phenoxy) is 2. The van der Waals surface area contributed by atoms with Crippen LogP contribution in [0.4, 0.5) is 0 Å². The summed E-state index contributed by atoms with van der Waals surface area (Å²) in [7, 11) is 2.70. The van der Waals surface area contributed by atoms with Crippen molar-refractivity contribution in [2.45, 2.75) is 0 Å². The predicted octanol–water partition coefficient (Wildman–Crippen LogP) is 1.98. The molecule has 0 saturated carbocycles. The van der Waals surface area contributed by atoms with Gasteiger partial charge in [-0.1, -0.05) is 11.6 Å². The zero-order chi connectivity index (χ0) is 13.3. The molecule has 1 aromatic heterocycles. The van der Waals surface area contributed by atoms with Crippen LogP contribution in [0, 0.1) is 0 Å². The quantitative estimate of drug-likeness (QED) is 0.845. The molecule has 0 fully saturated rings. The number of hydrogen-bond acceptors (Lipinski definition) is 4. The van der Waals surface area contributed by atoms with Gasteiger partial charge in [0.05, 0.1) is 30.1 Å². The van der Waals surface area contributed by atoms with Crippen LogP contribution < -0.4 is 10.2 Å². The lowest BCUT2D eigenvalue weighted by molar-refractivity contribution is 0.0594. The predicted molar refractivity (Wildman–Crippen MR) is 67.5 cm³/mol. The van der Waals surface area contributed by atoms with Crippen molar-refractivity contribution in [3.05, 3.63) is 39.1 Å². The fourth-order valence-corrected chi connectivity index (χ4v) is 1.94. The third kappa shape index (κ3) is 1.93. The van der Waals surface area contributed by atoms with E-state index in [0.29, 0.717) is 16.3 Å². The molecule has 1 N–H and O–H groups in total. The van der Waals surface area contributed by atoms with E-state index in [1.807, 2.05) is 0 Å². The van der Waals surface area contributed by atoms with E-state index in [2.05, 4.69) is 9.72 Å². The smallest absolute Gasteiger partial charge is 0.354 e. The number of carbonyl (C=O) groups excluding carboxylic acids is 1. The molecule has 2 aromatic rings. The number of fused-ring (bicyclic) bond motifs is 1. The maximum Gasteiger partial charge on any atom is 0.354 e. The second-order valence-electron chi connectivity index (χ2n) is 3.54. The van der Waals surface area contributed by atoms with Crippen LogP contribution in [-0.4, -0.2) is 25.2 Å². The van der Waals surface area contributed by atoms with Crippen LogP contribution in [-0.2, 0) is 4.74 Å². The summed E-state index contributed by atoms with van der Waals surface area (Å²) in [5.41, 5.74) is 0.0570. The van der Waals surface area contributed by atoms with Gasteiger partial charge in [0, 0.05) is 6.07 Å². The summed E-state index contributed by atoms with van der Waals surface area (Å²) in [5.74, 6) is -0.201. The van der Waals surface area contributed by atoms with Gasteiger partial charge in [-0.2, -0.15) is 0 Å². The van der Waals surface area contributed by atoms with E-state index in [1.165, 1.54) is 14.2 Å². The van der Waals surface area contributed by atoms with Crippen LogP contribution >= 0.6 is 11.6 Å². The number of pyridine rings is 1. The maximum atomic E-state index is 11.9. The molecule has 6 heteroatoms. The lowest BCUT2D eigenvalue weighted by atomic mass is 10.1. The topological polar surface area (TPSA) is 68.4 Å². The van der Waals surface area contributed by atoms with Crippen LogP contribution in [0.2, 0.25) is 5.02 Å². The Kier molecular flexibility index (Phi) is 3.25. The zero-order valence-electron chi connectivity index (χ0n) is 9.74. The highest BCUT2D eigenvalue weighted by atomic mass is 35.5. The van der Waals surface area contributed by atoms with Gasteiger partial charge in [-0.3, -0.25) is 4.79 Å². The van der Waals surface area contributed by atoms with Crippen LogP contribution in [0.1, 0.15) is 10.5 Å². The van der Waals surface area contributed by atoms with Crippen molar-refractivity contribution < 1.29 is 14.3 Å². The van der Waals surface area contributed by atoms with E-state index >= 15 is 0 Å². The fourth-order valence-electron chi connectivity index (χ4n) is 1.69. The summed E-state index contributed by atoms with van der Waals surface area (Å²) in [5, 5.41) is 0.576. The van der Waals surface area contributed by atoms with Crippen molar-refractivity contribution in [1.29, 1.82) is 0 Å². The van der Waals surface area contributed by atoms with Gasteiger partial charge in [-0.25, -0.2) is 4.79 Å². The first kappa shape index (κ1) is 12.4. The van der Waals surface area contributed by atoms with Crippen molar-refractivity contribution in [1.82, 2.24) is 4.98 Å². The molecule has 2 rings (SSSR count). The van der Waals surface area contributed by atoms with E-state index in [-0.39, 0.29) is 16.5 Å². The van der Waals surface area contributed by atoms with Crippen LogP contribution in [0.25, 0.3) is 10.9 Å². The second-order valence-corrected chi connectivity index (χ2v) is 3.95. The van der Waals surface area contributed by atoms with Crippen LogP contribution in [0.3, 0.4) is 0 Å². The number of H-pyrrole nitrogens is 1. The van der Waals surface area contributed by atoms with Gasteiger partial charge in [0.15, 0.2) is 5.43 Å². The molecule has 0 aliphatic rings. The molecule has 0 amide bonds. The van der Waals surface area contributed by atoms with E-state index in [0.717, 1.165) is 6.07 Å². The number of benzene rings is 1. The monoisotopic (exact) mass is 267 g/mol. The first-order valence-corrected chi connectivity index (χ1v) is 5.44. The number of methoxy groups -OCH3 is 2. The minimum absolute atomic E-state index is 0.0515. The summed E-state index contributed by atoms with van der Waals surface area (Å²) < 4.78 is 9.69. The molecule has 0 saturated heterocycles. The van der Waals surface area contributed by atoms with Gasteiger partial charge in [-0.05, 0) is 12.1 Å². The third-order valence-electron chi connectivity index (χ3n) is 2.52. The Morgan fingerprint density at radius 3 is 2.67 bits per heavy atom. The van der Waals surface area contributed by atoms with Gasteiger partial charge in [-0.15, -0.1) is 0 Å². The Labute approximate surface area is 107 Å². The van der Waals surface area contributed by atoms with Gasteiger partial charge in [0.2, 0.25) is 0 Å². The van der Waals surface area contributed by atoms with Gasteiger partial charge < -0.3 is 14.5 Å². The number of hydrogen-bond donors (Lipinski definition) is 1. The number of aromatic amines is 1. The Morgan fingerprint density at radius 1 is 1.33 bits per heavy atom. The number of halogens is 1. The minimum Gasteiger partial charge on any atom is -0.495 e. The van der Waals surface area contributed by atoms with Crippen molar-refractivity contribution >= 4 is 28.5 Å². The normalized spacial score (nSPS) is 10.4. The number of aromatic nitrogens is 1. The van der Waals surface area contributed by atoms with Gasteiger partial charge in [0.25, 0.3) is 0 Å². The van der Waals surface area contributed by atoms with Gasteiger partial charge in [0.1, 0.15) is 11.4 Å². The standard InChI is InChI=1S/C12H10ClNO4/c1-17-9-4-3-6(13)10-8(15)5-7(12(16)18-2)14-11(9)10/h3-5H,1-2H3,(H,14,15). The van der Waals surface area contributed by atoms with Crippen LogP contribution in [0.15, 0.2) is 23.0 Å². The molecular weight excluding hydrogens is 258 g/mol. The lowest BCUT2D eigenvalue weighted by Crippen LogP contribution is -2.12. The SMILES string of the molecule is COC(=O)c1cc(=O)c2c(Cl)ccc(OC)c2[nH]1. The summed E-state index contributed by atoms with van der Waals surface area (Å²) in [6.07, 6.45) is 0. The Morgan fingerprint density at radius 2 is 2.06 bits per heavy atom. The Balaban J connectivity index is 2.86. The highest BCUT2D eigenvalue weighted by Crippen LogP contribution is 2.27. The first-order valence-electron chi connectivity index (χ1n) is 5.06. The van der Waals surface area contributed by atoms with E-state index in [1.54, 1.807) is 12.1 Å². The van der Waals surface area contributed by atoms with Crippen molar-refractivity contribution in [3.63, 3.8) is 0 Å². The highest BCUT2D eigenvalue weighted by molar-refractivity contribution is 6.35. The third-order valence-corrected chi connectivity index (χ3v) is 2.84.